The number of carbonyl (C=O) groups excluding carboxylic acids is 2. The van der Waals surface area contributed by atoms with Gasteiger partial charge < -0.3 is 10.8 Å². The summed E-state index contributed by atoms with van der Waals surface area (Å²) in [4.78, 5) is 16.5. The number of hydrogen-bond donors (Lipinski definition) is 0. The second-order valence-corrected chi connectivity index (χ2v) is 3.43. The molecule has 0 N–H and O–H groups in total. The summed E-state index contributed by atoms with van der Waals surface area (Å²) in [6.07, 6.45) is 1.00. The zero-order valence-corrected chi connectivity index (χ0v) is 10.2. The van der Waals surface area contributed by atoms with Crippen LogP contribution in [0.5, 0.6) is 0 Å². The molecule has 0 atom stereocenters. The molecule has 0 saturated heterocycles. The predicted molar refractivity (Wildman–Crippen MR) is 71.5 cm³/mol. The lowest BCUT2D eigenvalue weighted by Gasteiger charge is -2.03. The summed E-state index contributed by atoms with van der Waals surface area (Å²) in [5.74, 6) is 0. The van der Waals surface area contributed by atoms with Crippen LogP contribution in [0.4, 0.5) is 0 Å². The van der Waals surface area contributed by atoms with E-state index in [-0.39, 0.29) is 0 Å². The van der Waals surface area contributed by atoms with E-state index in [0.717, 1.165) is 0 Å². The molecule has 0 heterocycles. The lowest BCUT2D eigenvalue weighted by molar-refractivity contribution is 0.568. The lowest BCUT2D eigenvalue weighted by atomic mass is 10.0. The standard InChI is InChI=1S/C12H12.2CNO/c1-9-5-3-8-12-10(2)6-4-7-11(9)12;2*2-1-3/h3-8H,1-2H3;;/q;2*-1. The molecule has 2 rings (SSSR count). The second kappa shape index (κ2) is 8.59. The molecule has 0 saturated carbocycles. The van der Waals surface area contributed by atoms with Gasteiger partial charge in [0.15, 0.2) is 0 Å². The maximum Gasteiger partial charge on any atom is -0.0152 e. The van der Waals surface area contributed by atoms with Gasteiger partial charge in [-0.25, -0.2) is 0 Å². The highest BCUT2D eigenvalue weighted by Crippen LogP contribution is 2.20. The van der Waals surface area contributed by atoms with Crippen LogP contribution in [0.15, 0.2) is 36.4 Å². The monoisotopic (exact) mass is 240 g/mol. The molecule has 18 heavy (non-hydrogen) atoms. The number of fused-ring (bicyclic) bond motifs is 1. The maximum absolute atomic E-state index is 8.24. The van der Waals surface area contributed by atoms with Crippen molar-refractivity contribution in [1.29, 1.82) is 0 Å². The van der Waals surface area contributed by atoms with Gasteiger partial charge in [-0.2, -0.15) is 0 Å². The van der Waals surface area contributed by atoms with Gasteiger partial charge in [0.2, 0.25) is 0 Å². The van der Waals surface area contributed by atoms with E-state index < -0.39 is 0 Å². The minimum Gasteiger partial charge on any atom is -0.724 e. The highest BCUT2D eigenvalue weighted by Gasteiger charge is 1.96. The molecular weight excluding hydrogens is 228 g/mol. The highest BCUT2D eigenvalue weighted by atomic mass is 16.1. The van der Waals surface area contributed by atoms with Crippen LogP contribution in [0.1, 0.15) is 11.1 Å². The van der Waals surface area contributed by atoms with E-state index >= 15 is 0 Å². The third kappa shape index (κ3) is 4.54. The summed E-state index contributed by atoms with van der Waals surface area (Å²) >= 11 is 0. The lowest BCUT2D eigenvalue weighted by Crippen LogP contribution is -1.80. The molecule has 2 aromatic carbocycles. The number of benzene rings is 2. The third-order valence-corrected chi connectivity index (χ3v) is 2.36. The van der Waals surface area contributed by atoms with Crippen molar-refractivity contribution >= 4 is 22.9 Å². The quantitative estimate of drug-likeness (QED) is 0.523. The van der Waals surface area contributed by atoms with Gasteiger partial charge in [0, 0.05) is 0 Å². The average molecular weight is 240 g/mol. The molecule has 4 heteroatoms. The van der Waals surface area contributed by atoms with Crippen molar-refractivity contribution < 1.29 is 9.59 Å². The van der Waals surface area contributed by atoms with Crippen LogP contribution in [0.2, 0.25) is 0 Å². The molecule has 0 aromatic heterocycles. The van der Waals surface area contributed by atoms with Crippen molar-refractivity contribution in [3.8, 4) is 0 Å². The summed E-state index contributed by atoms with van der Waals surface area (Å²) < 4.78 is 0. The fourth-order valence-electron chi connectivity index (χ4n) is 1.62. The molecule has 0 unspecified atom stereocenters. The van der Waals surface area contributed by atoms with Gasteiger partial charge in [0.05, 0.1) is 0 Å². The van der Waals surface area contributed by atoms with E-state index in [0.29, 0.717) is 12.2 Å². The Bertz CT molecular complexity index is 526. The third-order valence-electron chi connectivity index (χ3n) is 2.36. The van der Waals surface area contributed by atoms with Crippen molar-refractivity contribution in [3.05, 3.63) is 58.3 Å². The van der Waals surface area contributed by atoms with Crippen LogP contribution >= 0.6 is 0 Å². The van der Waals surface area contributed by atoms with Crippen LogP contribution < -0.4 is 0 Å². The topological polar surface area (TPSA) is 78.7 Å². The van der Waals surface area contributed by atoms with Crippen LogP contribution in [-0.4, -0.2) is 12.2 Å². The second-order valence-electron chi connectivity index (χ2n) is 3.43. The van der Waals surface area contributed by atoms with Crippen molar-refractivity contribution in [2.45, 2.75) is 13.8 Å². The first-order chi connectivity index (χ1) is 8.62. The Morgan fingerprint density at radius 1 is 0.778 bits per heavy atom. The fourth-order valence-corrected chi connectivity index (χ4v) is 1.62. The number of isocyanates is 2. The number of aryl methyl sites for hydroxylation is 2. The van der Waals surface area contributed by atoms with Crippen molar-refractivity contribution in [2.24, 2.45) is 0 Å². The van der Waals surface area contributed by atoms with Gasteiger partial charge in [-0.3, -0.25) is 9.59 Å². The molecule has 0 amide bonds. The van der Waals surface area contributed by atoms with E-state index in [1.165, 1.54) is 21.9 Å². The zero-order chi connectivity index (χ0) is 14.0. The Morgan fingerprint density at radius 3 is 1.33 bits per heavy atom. The van der Waals surface area contributed by atoms with Gasteiger partial charge in [-0.1, -0.05) is 36.4 Å². The Kier molecular flexibility index (Phi) is 7.38. The fraction of sp³-hybridized carbons (Fsp3) is 0.143. The van der Waals surface area contributed by atoms with Crippen LogP contribution in [0, 0.1) is 13.8 Å². The SMILES string of the molecule is Cc1cccc2c(C)cccc12.[N-]=C=O.[N-]=C=O. The van der Waals surface area contributed by atoms with Gasteiger partial charge in [-0.15, -0.1) is 0 Å². The molecule has 0 aliphatic carbocycles. The molecule has 0 fully saturated rings. The van der Waals surface area contributed by atoms with Gasteiger partial charge in [0.25, 0.3) is 0 Å². The Hall–Kier alpha value is -2.54. The molecule has 0 aliphatic heterocycles. The molecule has 4 nitrogen and oxygen atoms in total. The molecule has 0 radical (unpaired) electrons. The van der Waals surface area contributed by atoms with E-state index in [4.69, 9.17) is 20.4 Å². The molecule has 92 valence electrons. The summed E-state index contributed by atoms with van der Waals surface area (Å²) in [5.41, 5.74) is 2.72. The molecular formula is C14H12N2O2-2. The number of hydrogen-bond acceptors (Lipinski definition) is 2. The van der Waals surface area contributed by atoms with Gasteiger partial charge in [-0.05, 0) is 47.9 Å². The van der Waals surface area contributed by atoms with Crippen molar-refractivity contribution in [1.82, 2.24) is 0 Å². The highest BCUT2D eigenvalue weighted by molar-refractivity contribution is 5.88. The molecule has 0 spiro atoms. The van der Waals surface area contributed by atoms with E-state index in [2.05, 4.69) is 50.2 Å². The smallest absolute Gasteiger partial charge is 0.0152 e. The normalized spacial score (nSPS) is 7.89. The largest absolute Gasteiger partial charge is 0.724 e. The Balaban J connectivity index is 0.000000414. The zero-order valence-electron chi connectivity index (χ0n) is 10.2. The Labute approximate surface area is 105 Å². The molecule has 0 aliphatic rings. The summed E-state index contributed by atoms with van der Waals surface area (Å²) in [6.45, 7) is 4.31. The first-order valence-corrected chi connectivity index (χ1v) is 5.09. The van der Waals surface area contributed by atoms with Crippen LogP contribution in [-0.2, 0) is 9.59 Å². The maximum atomic E-state index is 8.24. The van der Waals surface area contributed by atoms with Crippen LogP contribution in [0.3, 0.4) is 0 Å². The Morgan fingerprint density at radius 2 is 1.06 bits per heavy atom. The number of nitrogens with zero attached hydrogens (tertiary/aromatic N) is 2. The van der Waals surface area contributed by atoms with Crippen LogP contribution in [0.25, 0.3) is 21.6 Å². The van der Waals surface area contributed by atoms with Gasteiger partial charge in [0.1, 0.15) is 0 Å². The van der Waals surface area contributed by atoms with Crippen molar-refractivity contribution in [2.75, 3.05) is 0 Å². The summed E-state index contributed by atoms with van der Waals surface area (Å²) in [5, 5.41) is 16.3. The minimum atomic E-state index is 0.500. The number of rotatable bonds is 0. The summed E-state index contributed by atoms with van der Waals surface area (Å²) in [7, 11) is 0. The average Bonchev–Trinajstić information content (AvgIpc) is 2.33. The van der Waals surface area contributed by atoms with Crippen molar-refractivity contribution in [3.63, 3.8) is 0 Å². The predicted octanol–water partition coefficient (Wildman–Crippen LogP) is 3.24. The minimum absolute atomic E-state index is 0.500. The van der Waals surface area contributed by atoms with E-state index in [1.54, 1.807) is 0 Å². The first kappa shape index (κ1) is 15.5. The van der Waals surface area contributed by atoms with E-state index in [1.807, 2.05) is 0 Å². The first-order valence-electron chi connectivity index (χ1n) is 5.09. The molecule has 0 bridgehead atoms. The molecule has 2 aromatic rings. The summed E-state index contributed by atoms with van der Waals surface area (Å²) in [6, 6.07) is 12.9. The van der Waals surface area contributed by atoms with E-state index in [9.17, 15) is 0 Å². The van der Waals surface area contributed by atoms with Gasteiger partial charge >= 0.3 is 0 Å².